The second-order valence-corrected chi connectivity index (χ2v) is 8.36. The molecule has 1 aliphatic rings. The van der Waals surface area contributed by atoms with E-state index in [0.717, 1.165) is 10.4 Å². The SMILES string of the molecule is N#Cc1ccc(F)c(COC(=O)C2CCCCN2S(=O)(=O)c2ccccc2)c1. The number of rotatable bonds is 5. The normalized spacial score (nSPS) is 17.6. The van der Waals surface area contributed by atoms with Crippen LogP contribution in [-0.4, -0.2) is 31.3 Å². The first-order valence-electron chi connectivity index (χ1n) is 8.85. The smallest absolute Gasteiger partial charge is 0.324 e. The van der Waals surface area contributed by atoms with E-state index in [-0.39, 0.29) is 29.2 Å². The standard InChI is InChI=1S/C20H19FN2O4S/c21-18-10-9-15(13-22)12-16(18)14-27-20(24)19-8-4-5-11-23(19)28(25,26)17-6-2-1-3-7-17/h1-3,6-7,9-10,12,19H,4-5,8,11,14H2. The van der Waals surface area contributed by atoms with Gasteiger partial charge in [-0.2, -0.15) is 9.57 Å². The highest BCUT2D eigenvalue weighted by Crippen LogP contribution is 2.26. The maximum absolute atomic E-state index is 13.9. The number of halogens is 1. The summed E-state index contributed by atoms with van der Waals surface area (Å²) in [4.78, 5) is 12.7. The van der Waals surface area contributed by atoms with E-state index in [9.17, 15) is 17.6 Å². The first-order valence-corrected chi connectivity index (χ1v) is 10.3. The van der Waals surface area contributed by atoms with Gasteiger partial charge in [-0.1, -0.05) is 18.2 Å². The highest BCUT2D eigenvalue weighted by molar-refractivity contribution is 7.89. The summed E-state index contributed by atoms with van der Waals surface area (Å²) >= 11 is 0. The molecule has 1 heterocycles. The van der Waals surface area contributed by atoms with E-state index in [1.54, 1.807) is 18.2 Å². The first kappa shape index (κ1) is 20.0. The number of ether oxygens (including phenoxy) is 1. The average Bonchev–Trinajstić information content (AvgIpc) is 2.73. The lowest BCUT2D eigenvalue weighted by molar-refractivity contribution is -0.150. The van der Waals surface area contributed by atoms with E-state index >= 15 is 0 Å². The summed E-state index contributed by atoms with van der Waals surface area (Å²) in [6.07, 6.45) is 1.68. The van der Waals surface area contributed by atoms with Gasteiger partial charge in [0.2, 0.25) is 10.0 Å². The molecule has 2 aromatic carbocycles. The molecule has 0 saturated carbocycles. The van der Waals surface area contributed by atoms with Crippen molar-refractivity contribution >= 4 is 16.0 Å². The minimum atomic E-state index is -3.84. The van der Waals surface area contributed by atoms with Crippen LogP contribution in [0.5, 0.6) is 0 Å². The maximum Gasteiger partial charge on any atom is 0.324 e. The highest BCUT2D eigenvalue weighted by atomic mass is 32.2. The van der Waals surface area contributed by atoms with Gasteiger partial charge in [0.05, 0.1) is 16.5 Å². The Morgan fingerprint density at radius 2 is 1.96 bits per heavy atom. The third-order valence-corrected chi connectivity index (χ3v) is 6.54. The van der Waals surface area contributed by atoms with Crippen molar-refractivity contribution < 1.29 is 22.3 Å². The summed E-state index contributed by atoms with van der Waals surface area (Å²) < 4.78 is 46.1. The van der Waals surface area contributed by atoms with E-state index in [0.29, 0.717) is 19.3 Å². The van der Waals surface area contributed by atoms with Crippen LogP contribution in [-0.2, 0) is 26.2 Å². The Labute approximate surface area is 163 Å². The molecule has 0 bridgehead atoms. The molecule has 6 nitrogen and oxygen atoms in total. The van der Waals surface area contributed by atoms with Gasteiger partial charge in [0.1, 0.15) is 18.5 Å². The predicted octanol–water partition coefficient (Wildman–Crippen LogP) is 2.98. The zero-order valence-corrected chi connectivity index (χ0v) is 15.9. The molecule has 2 aromatic rings. The number of nitrogens with zero attached hydrogens (tertiary/aromatic N) is 2. The number of hydrogen-bond donors (Lipinski definition) is 0. The molecule has 8 heteroatoms. The molecule has 28 heavy (non-hydrogen) atoms. The monoisotopic (exact) mass is 402 g/mol. The van der Waals surface area contributed by atoms with Crippen LogP contribution in [0.25, 0.3) is 0 Å². The number of sulfonamides is 1. The van der Waals surface area contributed by atoms with E-state index < -0.39 is 27.9 Å². The molecule has 1 aliphatic heterocycles. The topological polar surface area (TPSA) is 87.5 Å². The van der Waals surface area contributed by atoms with Gasteiger partial charge in [-0.15, -0.1) is 0 Å². The van der Waals surface area contributed by atoms with E-state index in [1.165, 1.54) is 24.3 Å². The van der Waals surface area contributed by atoms with Gasteiger partial charge in [0.25, 0.3) is 0 Å². The molecule has 0 radical (unpaired) electrons. The molecule has 3 rings (SSSR count). The van der Waals surface area contributed by atoms with Gasteiger partial charge in [0, 0.05) is 12.1 Å². The lowest BCUT2D eigenvalue weighted by atomic mass is 10.1. The van der Waals surface area contributed by atoms with Gasteiger partial charge in [-0.05, 0) is 49.6 Å². The Hall–Kier alpha value is -2.76. The quantitative estimate of drug-likeness (QED) is 0.718. The minimum Gasteiger partial charge on any atom is -0.460 e. The summed E-state index contributed by atoms with van der Waals surface area (Å²) in [6, 6.07) is 12.6. The average molecular weight is 402 g/mol. The molecular weight excluding hydrogens is 383 g/mol. The van der Waals surface area contributed by atoms with Crippen LogP contribution in [0.3, 0.4) is 0 Å². The van der Waals surface area contributed by atoms with Crippen LogP contribution < -0.4 is 0 Å². The van der Waals surface area contributed by atoms with Gasteiger partial charge < -0.3 is 4.74 Å². The third-order valence-electron chi connectivity index (χ3n) is 4.62. The lowest BCUT2D eigenvalue weighted by Gasteiger charge is -2.33. The maximum atomic E-state index is 13.9. The largest absolute Gasteiger partial charge is 0.460 e. The molecule has 146 valence electrons. The summed E-state index contributed by atoms with van der Waals surface area (Å²) in [6.45, 7) is -0.148. The van der Waals surface area contributed by atoms with Gasteiger partial charge in [-0.25, -0.2) is 12.8 Å². The summed E-state index contributed by atoms with van der Waals surface area (Å²) in [5.41, 5.74) is 0.319. The van der Waals surface area contributed by atoms with Crippen LogP contribution >= 0.6 is 0 Å². The van der Waals surface area contributed by atoms with Crippen LogP contribution in [0.4, 0.5) is 4.39 Å². The fourth-order valence-corrected chi connectivity index (χ4v) is 4.82. The summed E-state index contributed by atoms with van der Waals surface area (Å²) in [5, 5.41) is 8.91. The van der Waals surface area contributed by atoms with Crippen molar-refractivity contribution in [2.24, 2.45) is 0 Å². The van der Waals surface area contributed by atoms with Crippen LogP contribution in [0.2, 0.25) is 0 Å². The number of nitriles is 1. The van der Waals surface area contributed by atoms with Crippen LogP contribution in [0.15, 0.2) is 53.4 Å². The van der Waals surface area contributed by atoms with Crippen molar-refractivity contribution in [1.82, 2.24) is 4.31 Å². The Balaban J connectivity index is 1.77. The van der Waals surface area contributed by atoms with Crippen LogP contribution in [0, 0.1) is 17.1 Å². The minimum absolute atomic E-state index is 0.0701. The third kappa shape index (κ3) is 4.21. The molecule has 1 saturated heterocycles. The number of esters is 1. The Kier molecular flexibility index (Phi) is 6.07. The zero-order valence-electron chi connectivity index (χ0n) is 15.0. The summed E-state index contributed by atoms with van der Waals surface area (Å²) in [7, 11) is -3.84. The fourth-order valence-electron chi connectivity index (χ4n) is 3.16. The van der Waals surface area contributed by atoms with E-state index in [4.69, 9.17) is 10.00 Å². The predicted molar refractivity (Wildman–Crippen MR) is 98.9 cm³/mol. The molecule has 0 aliphatic carbocycles. The molecule has 0 aromatic heterocycles. The van der Waals surface area contributed by atoms with Crippen molar-refractivity contribution in [1.29, 1.82) is 5.26 Å². The van der Waals surface area contributed by atoms with Crippen molar-refractivity contribution in [2.75, 3.05) is 6.54 Å². The van der Waals surface area contributed by atoms with Crippen molar-refractivity contribution in [3.63, 3.8) is 0 Å². The van der Waals surface area contributed by atoms with Gasteiger partial charge in [-0.3, -0.25) is 4.79 Å². The highest BCUT2D eigenvalue weighted by Gasteiger charge is 2.38. The number of hydrogen-bond acceptors (Lipinski definition) is 5. The van der Waals surface area contributed by atoms with Crippen molar-refractivity contribution in [3.05, 3.63) is 65.5 Å². The van der Waals surface area contributed by atoms with E-state index in [2.05, 4.69) is 0 Å². The molecule has 0 spiro atoms. The fraction of sp³-hybridized carbons (Fsp3) is 0.300. The molecule has 1 unspecified atom stereocenters. The molecule has 0 amide bonds. The molecule has 1 atom stereocenters. The number of carbonyl (C=O) groups excluding carboxylic acids is 1. The molecule has 0 N–H and O–H groups in total. The number of piperidine rings is 1. The molecular formula is C20H19FN2O4S. The zero-order chi connectivity index (χ0) is 20.1. The number of benzene rings is 2. The Bertz CT molecular complexity index is 1000. The van der Waals surface area contributed by atoms with Gasteiger partial charge in [0.15, 0.2) is 0 Å². The second-order valence-electron chi connectivity index (χ2n) is 6.47. The number of carbonyl (C=O) groups is 1. The van der Waals surface area contributed by atoms with Crippen LogP contribution in [0.1, 0.15) is 30.4 Å². The van der Waals surface area contributed by atoms with Crippen molar-refractivity contribution in [3.8, 4) is 6.07 Å². The Morgan fingerprint density at radius 1 is 1.21 bits per heavy atom. The Morgan fingerprint density at radius 3 is 2.68 bits per heavy atom. The first-order chi connectivity index (χ1) is 13.4. The summed E-state index contributed by atoms with van der Waals surface area (Å²) in [5.74, 6) is -1.31. The second kappa shape index (κ2) is 8.50. The van der Waals surface area contributed by atoms with Gasteiger partial charge >= 0.3 is 5.97 Å². The lowest BCUT2D eigenvalue weighted by Crippen LogP contribution is -2.48. The van der Waals surface area contributed by atoms with Crippen molar-refractivity contribution in [2.45, 2.75) is 36.8 Å². The molecule has 1 fully saturated rings. The van der Waals surface area contributed by atoms with E-state index in [1.807, 2.05) is 6.07 Å².